The van der Waals surface area contributed by atoms with Gasteiger partial charge in [-0.15, -0.1) is 0 Å². The third-order valence-electron chi connectivity index (χ3n) is 4.53. The number of likely N-dealkylation sites (tertiary alicyclic amines) is 1. The molecule has 0 atom stereocenters. The second-order valence-electron chi connectivity index (χ2n) is 6.57. The maximum Gasteiger partial charge on any atom is 0.270 e. The van der Waals surface area contributed by atoms with Gasteiger partial charge in [0.1, 0.15) is 11.4 Å². The Morgan fingerprint density at radius 3 is 2.85 bits per heavy atom. The Hall–Kier alpha value is -2.67. The number of hydrogen-bond donors (Lipinski definition) is 2. The average molecular weight is 356 g/mol. The number of piperidine rings is 1. The number of anilines is 1. The van der Waals surface area contributed by atoms with Gasteiger partial charge in [-0.2, -0.15) is 0 Å². The molecule has 1 amide bonds. The van der Waals surface area contributed by atoms with E-state index >= 15 is 0 Å². The summed E-state index contributed by atoms with van der Waals surface area (Å²) in [7, 11) is 0. The molecule has 1 aliphatic heterocycles. The number of aromatic nitrogens is 2. The van der Waals surface area contributed by atoms with Gasteiger partial charge in [0.25, 0.3) is 5.56 Å². The van der Waals surface area contributed by atoms with Gasteiger partial charge in [0.2, 0.25) is 5.91 Å². The molecule has 1 saturated heterocycles. The summed E-state index contributed by atoms with van der Waals surface area (Å²) in [6.07, 6.45) is 5.18. The van der Waals surface area contributed by atoms with Gasteiger partial charge in [-0.3, -0.25) is 19.5 Å². The number of carbonyl (C=O) groups excluding carboxylic acids is 1. The minimum atomic E-state index is -0.118. The molecule has 0 unspecified atom stereocenters. The molecule has 1 fully saturated rings. The van der Waals surface area contributed by atoms with Gasteiger partial charge < -0.3 is 15.0 Å². The first-order valence-electron chi connectivity index (χ1n) is 8.86. The number of H-pyrrole nitrogens is 1. The minimum absolute atomic E-state index is 0.112. The molecule has 0 radical (unpaired) electrons. The van der Waals surface area contributed by atoms with Gasteiger partial charge in [0.15, 0.2) is 0 Å². The molecule has 0 saturated carbocycles. The highest BCUT2D eigenvalue weighted by Gasteiger charge is 2.21. The summed E-state index contributed by atoms with van der Waals surface area (Å²) in [6, 6.07) is 7.47. The Kier molecular flexibility index (Phi) is 6.01. The lowest BCUT2D eigenvalue weighted by molar-refractivity contribution is -0.114. The molecule has 2 aromatic rings. The van der Waals surface area contributed by atoms with Crippen LogP contribution in [0.1, 0.15) is 25.5 Å². The fourth-order valence-corrected chi connectivity index (χ4v) is 3.11. The lowest BCUT2D eigenvalue weighted by Gasteiger charge is -2.31. The van der Waals surface area contributed by atoms with E-state index in [-0.39, 0.29) is 11.5 Å². The van der Waals surface area contributed by atoms with Gasteiger partial charge in [-0.05, 0) is 44.0 Å². The van der Waals surface area contributed by atoms with Gasteiger partial charge in [-0.25, -0.2) is 0 Å². The molecule has 0 bridgehead atoms. The lowest BCUT2D eigenvalue weighted by Crippen LogP contribution is -2.36. The van der Waals surface area contributed by atoms with Crippen molar-refractivity contribution in [2.45, 2.75) is 26.3 Å². The number of nitrogens with one attached hydrogen (secondary N) is 2. The zero-order valence-corrected chi connectivity index (χ0v) is 14.9. The van der Waals surface area contributed by atoms with Crippen molar-refractivity contribution in [1.29, 1.82) is 0 Å². The van der Waals surface area contributed by atoms with E-state index in [0.717, 1.165) is 25.9 Å². The summed E-state index contributed by atoms with van der Waals surface area (Å²) in [5.74, 6) is 1.04. The predicted molar refractivity (Wildman–Crippen MR) is 99.1 cm³/mol. The van der Waals surface area contributed by atoms with Crippen LogP contribution in [0, 0.1) is 5.92 Å². The van der Waals surface area contributed by atoms with Crippen LogP contribution >= 0.6 is 0 Å². The van der Waals surface area contributed by atoms with Gasteiger partial charge in [-0.1, -0.05) is 12.1 Å². The smallest absolute Gasteiger partial charge is 0.270 e. The fraction of sp³-hybridized carbons (Fsp3) is 0.421. The maximum atomic E-state index is 11.7. The molecule has 138 valence electrons. The molecule has 7 nitrogen and oxygen atoms in total. The Balaban J connectivity index is 1.48. The number of benzene rings is 1. The van der Waals surface area contributed by atoms with Crippen molar-refractivity contribution in [1.82, 2.24) is 14.9 Å². The van der Waals surface area contributed by atoms with Crippen LogP contribution in [0.4, 0.5) is 5.69 Å². The highest BCUT2D eigenvalue weighted by molar-refractivity contribution is 5.90. The minimum Gasteiger partial charge on any atom is -0.491 e. The molecule has 0 aliphatic carbocycles. The highest BCUT2D eigenvalue weighted by atomic mass is 16.5. The second-order valence-corrected chi connectivity index (χ2v) is 6.57. The number of nitrogens with zero attached hydrogens (tertiary/aromatic N) is 2. The monoisotopic (exact) mass is 356 g/mol. The quantitative estimate of drug-likeness (QED) is 0.827. The van der Waals surface area contributed by atoms with Crippen molar-refractivity contribution in [2.24, 2.45) is 5.92 Å². The normalized spacial score (nSPS) is 15.6. The lowest BCUT2D eigenvalue weighted by atomic mass is 9.97. The third-order valence-corrected chi connectivity index (χ3v) is 4.53. The van der Waals surface area contributed by atoms with E-state index in [0.29, 0.717) is 36.2 Å². The molecule has 7 heteroatoms. The predicted octanol–water partition coefficient (Wildman–Crippen LogP) is 2.02. The first kappa shape index (κ1) is 18.1. The van der Waals surface area contributed by atoms with Crippen molar-refractivity contribution >= 4 is 11.6 Å². The van der Waals surface area contributed by atoms with Crippen molar-refractivity contribution in [2.75, 3.05) is 25.0 Å². The van der Waals surface area contributed by atoms with E-state index in [1.54, 1.807) is 12.4 Å². The van der Waals surface area contributed by atoms with Crippen molar-refractivity contribution < 1.29 is 9.53 Å². The molecule has 1 aromatic carbocycles. The number of para-hydroxylation sites is 2. The molecule has 1 aliphatic rings. The number of ether oxygens (including phenoxy) is 1. The zero-order chi connectivity index (χ0) is 18.4. The van der Waals surface area contributed by atoms with Gasteiger partial charge >= 0.3 is 0 Å². The number of rotatable bonds is 6. The number of amides is 1. The number of carbonyl (C=O) groups is 1. The average Bonchev–Trinajstić information content (AvgIpc) is 2.64. The van der Waals surface area contributed by atoms with Crippen LogP contribution in [0.5, 0.6) is 5.75 Å². The Morgan fingerprint density at radius 1 is 1.35 bits per heavy atom. The zero-order valence-electron chi connectivity index (χ0n) is 14.9. The molecule has 0 spiro atoms. The summed E-state index contributed by atoms with van der Waals surface area (Å²) in [6.45, 7) is 4.51. The number of hydrogen-bond acceptors (Lipinski definition) is 5. The largest absolute Gasteiger partial charge is 0.491 e. The molecule has 1 aromatic heterocycles. The summed E-state index contributed by atoms with van der Waals surface area (Å²) in [4.78, 5) is 32.1. The van der Waals surface area contributed by atoms with E-state index in [1.807, 2.05) is 24.3 Å². The molecular formula is C19H24N4O3. The first-order chi connectivity index (χ1) is 12.6. The van der Waals surface area contributed by atoms with Gasteiger partial charge in [0, 0.05) is 25.9 Å². The van der Waals surface area contributed by atoms with Crippen molar-refractivity contribution in [3.05, 3.63) is 52.7 Å². The highest BCUT2D eigenvalue weighted by Crippen LogP contribution is 2.26. The molecule has 26 heavy (non-hydrogen) atoms. The molecule has 2 heterocycles. The van der Waals surface area contributed by atoms with Crippen LogP contribution in [0.15, 0.2) is 41.5 Å². The third kappa shape index (κ3) is 4.92. The fourth-order valence-electron chi connectivity index (χ4n) is 3.11. The maximum absolute atomic E-state index is 11.7. The Bertz CT molecular complexity index is 797. The van der Waals surface area contributed by atoms with Crippen LogP contribution in [0.3, 0.4) is 0 Å². The summed E-state index contributed by atoms with van der Waals surface area (Å²) in [5.41, 5.74) is 1.14. The summed E-state index contributed by atoms with van der Waals surface area (Å²) < 4.78 is 5.95. The van der Waals surface area contributed by atoms with Crippen LogP contribution in [0.25, 0.3) is 0 Å². The van der Waals surface area contributed by atoms with Gasteiger partial charge in [0.05, 0.1) is 12.3 Å². The second kappa shape index (κ2) is 8.62. The standard InChI is InChI=1S/C19H24N4O3/c1-14(24)22-16-4-2-3-5-18(16)26-13-15-6-10-23(11-7-15)12-17-19(25)21-9-8-20-17/h2-5,8-9,15H,6-7,10-13H2,1H3,(H,21,25)(H,22,24). The van der Waals surface area contributed by atoms with Crippen LogP contribution in [0.2, 0.25) is 0 Å². The SMILES string of the molecule is CC(=O)Nc1ccccc1OCC1CCN(Cc2ncc[nH]c2=O)CC1. The Morgan fingerprint density at radius 2 is 2.12 bits per heavy atom. The summed E-state index contributed by atoms with van der Waals surface area (Å²) in [5, 5.41) is 2.79. The first-order valence-corrected chi connectivity index (χ1v) is 8.86. The van der Waals surface area contributed by atoms with E-state index < -0.39 is 0 Å². The number of aromatic amines is 1. The molecular weight excluding hydrogens is 332 g/mol. The van der Waals surface area contributed by atoms with Crippen LogP contribution < -0.4 is 15.6 Å². The summed E-state index contributed by atoms with van der Waals surface area (Å²) >= 11 is 0. The van der Waals surface area contributed by atoms with Crippen molar-refractivity contribution in [3.8, 4) is 5.75 Å². The van der Waals surface area contributed by atoms with Crippen molar-refractivity contribution in [3.63, 3.8) is 0 Å². The Labute approximate surface area is 152 Å². The molecule has 3 rings (SSSR count). The molecule has 2 N–H and O–H groups in total. The van der Waals surface area contributed by atoms with E-state index in [9.17, 15) is 9.59 Å². The van der Waals surface area contributed by atoms with E-state index in [1.165, 1.54) is 6.92 Å². The van der Waals surface area contributed by atoms with E-state index in [2.05, 4.69) is 20.2 Å². The van der Waals surface area contributed by atoms with Crippen LogP contribution in [-0.4, -0.2) is 40.5 Å². The van der Waals surface area contributed by atoms with Crippen LogP contribution in [-0.2, 0) is 11.3 Å². The topological polar surface area (TPSA) is 87.3 Å². The van der Waals surface area contributed by atoms with E-state index in [4.69, 9.17) is 4.74 Å².